The zero-order valence-corrected chi connectivity index (χ0v) is 12.1. The lowest BCUT2D eigenvalue weighted by Crippen LogP contribution is -2.33. The largest absolute Gasteiger partial charge is 0.382 e. The van der Waals surface area contributed by atoms with Crippen molar-refractivity contribution in [3.8, 4) is 0 Å². The van der Waals surface area contributed by atoms with Crippen molar-refractivity contribution in [2.75, 3.05) is 12.3 Å². The Labute approximate surface area is 120 Å². The van der Waals surface area contributed by atoms with Gasteiger partial charge in [-0.05, 0) is 25.1 Å². The number of aromatic nitrogens is 2. The molecule has 0 atom stereocenters. The van der Waals surface area contributed by atoms with Crippen LogP contribution in [0.1, 0.15) is 11.8 Å². The number of carbonyl (C=O) groups excluding carboxylic acids is 1. The zero-order chi connectivity index (χ0) is 13.8. The molecule has 2 aromatic heterocycles. The van der Waals surface area contributed by atoms with Gasteiger partial charge in [0, 0.05) is 17.6 Å². The fourth-order valence-electron chi connectivity index (χ4n) is 1.71. The summed E-state index contributed by atoms with van der Waals surface area (Å²) in [6.45, 7) is 3.36. The molecule has 0 aliphatic carbocycles. The van der Waals surface area contributed by atoms with Crippen LogP contribution in [0.5, 0.6) is 0 Å². The Hall–Kier alpha value is -1.53. The molecule has 102 valence electrons. The number of hydrogen-bond donors (Lipinski definition) is 1. The van der Waals surface area contributed by atoms with Crippen LogP contribution >= 0.6 is 22.9 Å². The topological polar surface area (TPSA) is 64.2 Å². The average molecular weight is 299 g/mol. The molecule has 7 heteroatoms. The molecule has 0 bridgehead atoms. The van der Waals surface area contributed by atoms with E-state index in [2.05, 4.69) is 5.10 Å². The molecule has 5 nitrogen and oxygen atoms in total. The monoisotopic (exact) mass is 298 g/mol. The van der Waals surface area contributed by atoms with Crippen LogP contribution in [0.25, 0.3) is 0 Å². The van der Waals surface area contributed by atoms with Crippen LogP contribution in [0.4, 0.5) is 5.82 Å². The predicted octanol–water partition coefficient (Wildman–Crippen LogP) is 2.23. The molecule has 2 rings (SSSR count). The van der Waals surface area contributed by atoms with Gasteiger partial charge in [-0.1, -0.05) is 11.6 Å². The molecular weight excluding hydrogens is 284 g/mol. The second kappa shape index (κ2) is 6.08. The van der Waals surface area contributed by atoms with Crippen molar-refractivity contribution in [2.45, 2.75) is 20.0 Å². The molecule has 0 fully saturated rings. The highest BCUT2D eigenvalue weighted by Crippen LogP contribution is 2.22. The number of thiophene rings is 1. The van der Waals surface area contributed by atoms with Crippen LogP contribution in [0.15, 0.2) is 24.4 Å². The van der Waals surface area contributed by atoms with Crippen molar-refractivity contribution in [2.24, 2.45) is 0 Å². The maximum atomic E-state index is 12.2. The van der Waals surface area contributed by atoms with Crippen molar-refractivity contribution in [3.05, 3.63) is 33.6 Å². The number of anilines is 1. The number of nitrogen functional groups attached to an aromatic ring is 1. The first-order chi connectivity index (χ1) is 9.08. The summed E-state index contributed by atoms with van der Waals surface area (Å²) in [6, 6.07) is 5.45. The summed E-state index contributed by atoms with van der Waals surface area (Å²) < 4.78 is 2.28. The van der Waals surface area contributed by atoms with Gasteiger partial charge >= 0.3 is 0 Å². The third kappa shape index (κ3) is 3.71. The number of likely N-dealkylation sites (N-methyl/N-ethyl adjacent to an activating group) is 1. The Morgan fingerprint density at radius 2 is 2.32 bits per heavy atom. The lowest BCUT2D eigenvalue weighted by atomic mass is 10.4. The number of nitrogens with two attached hydrogens (primary N) is 1. The average Bonchev–Trinajstić information content (AvgIpc) is 2.95. The second-order valence-corrected chi connectivity index (χ2v) is 5.85. The minimum Gasteiger partial charge on any atom is -0.382 e. The van der Waals surface area contributed by atoms with Gasteiger partial charge in [0.25, 0.3) is 0 Å². The van der Waals surface area contributed by atoms with E-state index in [-0.39, 0.29) is 12.5 Å². The molecule has 0 aliphatic heterocycles. The van der Waals surface area contributed by atoms with Crippen LogP contribution in [0.2, 0.25) is 4.34 Å². The summed E-state index contributed by atoms with van der Waals surface area (Å²) in [6.07, 6.45) is 1.70. The van der Waals surface area contributed by atoms with E-state index in [9.17, 15) is 4.79 Å². The van der Waals surface area contributed by atoms with Gasteiger partial charge in [-0.25, -0.2) is 0 Å². The molecule has 2 aromatic rings. The third-order valence-corrected chi connectivity index (χ3v) is 3.88. The first kappa shape index (κ1) is 13.9. The molecule has 0 aromatic carbocycles. The van der Waals surface area contributed by atoms with E-state index in [1.54, 1.807) is 21.8 Å². The van der Waals surface area contributed by atoms with Gasteiger partial charge in [0.05, 0.1) is 10.9 Å². The molecule has 0 spiro atoms. The number of amides is 1. The number of carbonyl (C=O) groups is 1. The number of rotatable bonds is 5. The van der Waals surface area contributed by atoms with Gasteiger partial charge in [-0.15, -0.1) is 11.3 Å². The Kier molecular flexibility index (Phi) is 4.44. The van der Waals surface area contributed by atoms with Crippen LogP contribution < -0.4 is 5.73 Å². The maximum Gasteiger partial charge on any atom is 0.244 e. The number of nitrogens with zero attached hydrogens (tertiary/aromatic N) is 3. The van der Waals surface area contributed by atoms with Crippen LogP contribution in [-0.4, -0.2) is 27.1 Å². The van der Waals surface area contributed by atoms with Gasteiger partial charge in [-0.2, -0.15) is 5.10 Å². The first-order valence-electron chi connectivity index (χ1n) is 5.89. The van der Waals surface area contributed by atoms with E-state index < -0.39 is 0 Å². The smallest absolute Gasteiger partial charge is 0.244 e. The summed E-state index contributed by atoms with van der Waals surface area (Å²) in [5.41, 5.74) is 5.52. The van der Waals surface area contributed by atoms with E-state index in [0.29, 0.717) is 18.9 Å². The normalized spacial score (nSPS) is 10.6. The molecule has 0 aliphatic rings. The lowest BCUT2D eigenvalue weighted by Gasteiger charge is -2.20. The van der Waals surface area contributed by atoms with Gasteiger partial charge in [-0.3, -0.25) is 9.48 Å². The van der Waals surface area contributed by atoms with Crippen LogP contribution in [-0.2, 0) is 17.9 Å². The van der Waals surface area contributed by atoms with Crippen molar-refractivity contribution < 1.29 is 4.79 Å². The SMILES string of the molecule is CCN(Cc1ccc(Cl)s1)C(=O)Cn1ccc(N)n1. The highest BCUT2D eigenvalue weighted by Gasteiger charge is 2.14. The summed E-state index contributed by atoms with van der Waals surface area (Å²) >= 11 is 7.37. The molecule has 0 unspecified atom stereocenters. The van der Waals surface area contributed by atoms with Crippen molar-refractivity contribution in [3.63, 3.8) is 0 Å². The Morgan fingerprint density at radius 3 is 2.84 bits per heavy atom. The third-order valence-electron chi connectivity index (χ3n) is 2.67. The summed E-state index contributed by atoms with van der Waals surface area (Å²) in [5.74, 6) is 0.427. The Morgan fingerprint density at radius 1 is 1.53 bits per heavy atom. The Bertz CT molecular complexity index is 566. The molecule has 2 heterocycles. The Balaban J connectivity index is 1.98. The fourth-order valence-corrected chi connectivity index (χ4v) is 2.81. The van der Waals surface area contributed by atoms with Gasteiger partial charge in [0.1, 0.15) is 12.4 Å². The highest BCUT2D eigenvalue weighted by atomic mass is 35.5. The molecule has 19 heavy (non-hydrogen) atoms. The summed E-state index contributed by atoms with van der Waals surface area (Å²) in [7, 11) is 0. The van der Waals surface area contributed by atoms with Crippen molar-refractivity contribution >= 4 is 34.7 Å². The molecule has 1 amide bonds. The van der Waals surface area contributed by atoms with Crippen molar-refractivity contribution in [1.82, 2.24) is 14.7 Å². The zero-order valence-electron chi connectivity index (χ0n) is 10.5. The van der Waals surface area contributed by atoms with Crippen LogP contribution in [0, 0.1) is 0 Å². The van der Waals surface area contributed by atoms with Gasteiger partial charge in [0.15, 0.2) is 0 Å². The van der Waals surface area contributed by atoms with E-state index in [1.807, 2.05) is 19.1 Å². The molecule has 2 N–H and O–H groups in total. The number of hydrogen-bond acceptors (Lipinski definition) is 4. The minimum absolute atomic E-state index is 0.00937. The minimum atomic E-state index is 0.00937. The van der Waals surface area contributed by atoms with E-state index in [0.717, 1.165) is 9.21 Å². The number of halogens is 1. The van der Waals surface area contributed by atoms with Gasteiger partial charge < -0.3 is 10.6 Å². The molecule has 0 saturated heterocycles. The lowest BCUT2D eigenvalue weighted by molar-refractivity contribution is -0.132. The summed E-state index contributed by atoms with van der Waals surface area (Å²) in [5, 5.41) is 4.01. The van der Waals surface area contributed by atoms with Crippen LogP contribution in [0.3, 0.4) is 0 Å². The maximum absolute atomic E-state index is 12.2. The first-order valence-corrected chi connectivity index (χ1v) is 7.09. The van der Waals surface area contributed by atoms with E-state index in [1.165, 1.54) is 11.3 Å². The summed E-state index contributed by atoms with van der Waals surface area (Å²) in [4.78, 5) is 15.0. The molecule has 0 saturated carbocycles. The standard InChI is InChI=1S/C12H15ClN4OS/c1-2-16(7-9-3-4-10(13)19-9)12(18)8-17-6-5-11(14)15-17/h3-6H,2,7-8H2,1H3,(H2,14,15). The highest BCUT2D eigenvalue weighted by molar-refractivity contribution is 7.16. The predicted molar refractivity (Wildman–Crippen MR) is 77.1 cm³/mol. The van der Waals surface area contributed by atoms with Gasteiger partial charge in [0.2, 0.25) is 5.91 Å². The second-order valence-electron chi connectivity index (χ2n) is 4.05. The quantitative estimate of drug-likeness (QED) is 0.920. The fraction of sp³-hybridized carbons (Fsp3) is 0.333. The van der Waals surface area contributed by atoms with E-state index in [4.69, 9.17) is 17.3 Å². The van der Waals surface area contributed by atoms with E-state index >= 15 is 0 Å². The molecular formula is C12H15ClN4OS. The molecule has 0 radical (unpaired) electrons. The van der Waals surface area contributed by atoms with Crippen molar-refractivity contribution in [1.29, 1.82) is 0 Å².